The predicted molar refractivity (Wildman–Crippen MR) is 83.1 cm³/mol. The minimum Gasteiger partial charge on any atom is -0.460 e. The van der Waals surface area contributed by atoms with Gasteiger partial charge in [0.2, 0.25) is 5.91 Å². The monoisotopic (exact) mass is 310 g/mol. The van der Waals surface area contributed by atoms with Crippen molar-refractivity contribution in [2.45, 2.75) is 40.2 Å². The van der Waals surface area contributed by atoms with E-state index in [4.69, 9.17) is 10.5 Å². The van der Waals surface area contributed by atoms with E-state index in [1.807, 2.05) is 27.7 Å². The van der Waals surface area contributed by atoms with Gasteiger partial charge in [0.1, 0.15) is 0 Å². The van der Waals surface area contributed by atoms with Gasteiger partial charge < -0.3 is 15.4 Å². The molecule has 1 amide bonds. The first kappa shape index (κ1) is 15.9. The van der Waals surface area contributed by atoms with Crippen LogP contribution in [0, 0.1) is 5.92 Å². The number of hydrogen-bond acceptors (Lipinski definition) is 5. The lowest BCUT2D eigenvalue weighted by Crippen LogP contribution is -2.23. The average Bonchev–Trinajstić information content (AvgIpc) is 2.87. The fraction of sp³-hybridized carbons (Fsp3) is 0.600. The molecule has 2 aliphatic rings. The van der Waals surface area contributed by atoms with Gasteiger partial charge in [-0.25, -0.2) is 4.79 Å². The summed E-state index contributed by atoms with van der Waals surface area (Å²) in [5.41, 5.74) is 7.79. The molecule has 0 aromatic heterocycles. The summed E-state index contributed by atoms with van der Waals surface area (Å²) in [6, 6.07) is 0. The average molecular weight is 310 g/mol. The van der Waals surface area contributed by atoms with Gasteiger partial charge in [-0.1, -0.05) is 13.8 Å². The Labute approximate surface area is 129 Å². The first-order valence-electron chi connectivity index (χ1n) is 7.24. The van der Waals surface area contributed by atoms with E-state index in [1.165, 1.54) is 0 Å². The minimum absolute atomic E-state index is 0.0973. The van der Waals surface area contributed by atoms with Gasteiger partial charge in [-0.05, 0) is 20.3 Å². The van der Waals surface area contributed by atoms with Crippen LogP contribution in [0.15, 0.2) is 21.9 Å². The van der Waals surface area contributed by atoms with Crippen molar-refractivity contribution in [3.8, 4) is 0 Å². The molecule has 0 bridgehead atoms. The third-order valence-corrected chi connectivity index (χ3v) is 4.79. The molecule has 1 saturated heterocycles. The number of nitrogens with two attached hydrogens (primary N) is 1. The van der Waals surface area contributed by atoms with Crippen LogP contribution in [0.1, 0.15) is 34.1 Å². The molecular formula is C15H22N2O3S. The lowest BCUT2D eigenvalue weighted by molar-refractivity contribution is -0.143. The number of hydrogen-bond donors (Lipinski definition) is 1. The molecule has 1 unspecified atom stereocenters. The third kappa shape index (κ3) is 2.95. The van der Waals surface area contributed by atoms with E-state index in [0.717, 1.165) is 16.3 Å². The van der Waals surface area contributed by atoms with Crippen LogP contribution in [0.25, 0.3) is 0 Å². The molecule has 2 rings (SSSR count). The zero-order valence-corrected chi connectivity index (χ0v) is 13.8. The van der Waals surface area contributed by atoms with Gasteiger partial charge in [-0.2, -0.15) is 0 Å². The van der Waals surface area contributed by atoms with Crippen molar-refractivity contribution in [1.82, 2.24) is 4.90 Å². The number of ether oxygens (including phenoxy) is 1. The molecule has 0 radical (unpaired) electrons. The number of fused-ring (bicyclic) bond motifs is 1. The number of primary amides is 1. The molecular weight excluding hydrogens is 288 g/mol. The van der Waals surface area contributed by atoms with Crippen LogP contribution in [0.4, 0.5) is 0 Å². The normalized spacial score (nSPS) is 23.7. The topological polar surface area (TPSA) is 72.6 Å². The molecule has 6 heteroatoms. The van der Waals surface area contributed by atoms with Crippen LogP contribution < -0.4 is 5.73 Å². The fourth-order valence-electron chi connectivity index (χ4n) is 2.74. The maximum Gasteiger partial charge on any atom is 0.337 e. The van der Waals surface area contributed by atoms with Gasteiger partial charge >= 0.3 is 5.97 Å². The molecule has 21 heavy (non-hydrogen) atoms. The molecule has 1 fully saturated rings. The van der Waals surface area contributed by atoms with E-state index in [1.54, 1.807) is 11.8 Å². The Kier molecular flexibility index (Phi) is 4.66. The standard InChI is InChI=1S/C15H22N2O3S/c1-5-10(13(16)18)11-7-21-14-12(9(4)6-17(11)14)15(19)20-8(2)3/h8-9H,5-7H2,1-4H3,(H2,16,18). The second kappa shape index (κ2) is 6.13. The van der Waals surface area contributed by atoms with Crippen LogP contribution in [0.3, 0.4) is 0 Å². The molecule has 0 aromatic carbocycles. The summed E-state index contributed by atoms with van der Waals surface area (Å²) in [7, 11) is 0. The predicted octanol–water partition coefficient (Wildman–Crippen LogP) is 2.00. The second-order valence-corrected chi connectivity index (χ2v) is 6.58. The van der Waals surface area contributed by atoms with E-state index in [2.05, 4.69) is 4.90 Å². The third-order valence-electron chi connectivity index (χ3n) is 3.66. The Hall–Kier alpha value is -1.43. The first-order valence-corrected chi connectivity index (χ1v) is 8.22. The summed E-state index contributed by atoms with van der Waals surface area (Å²) in [5.74, 6) is 0.160. The minimum atomic E-state index is -0.375. The first-order chi connectivity index (χ1) is 9.86. The summed E-state index contributed by atoms with van der Waals surface area (Å²) in [6.07, 6.45) is 0.472. The highest BCUT2D eigenvalue weighted by Crippen LogP contribution is 2.46. The molecule has 2 aliphatic heterocycles. The number of carbonyl (C=O) groups is 2. The molecule has 0 saturated carbocycles. The Morgan fingerprint density at radius 1 is 1.48 bits per heavy atom. The number of amides is 1. The SMILES string of the molecule is CCC(C(N)=O)=C1CSC2=C(C(=O)OC(C)C)C(C)CN12. The Morgan fingerprint density at radius 3 is 2.67 bits per heavy atom. The summed E-state index contributed by atoms with van der Waals surface area (Å²) in [5, 5.41) is 0.926. The van der Waals surface area contributed by atoms with Crippen LogP contribution >= 0.6 is 11.8 Å². The van der Waals surface area contributed by atoms with E-state index in [0.29, 0.717) is 24.3 Å². The van der Waals surface area contributed by atoms with Crippen molar-refractivity contribution in [3.05, 3.63) is 21.9 Å². The van der Waals surface area contributed by atoms with Crippen molar-refractivity contribution in [3.63, 3.8) is 0 Å². The van der Waals surface area contributed by atoms with E-state index < -0.39 is 0 Å². The molecule has 116 valence electrons. The molecule has 1 atom stereocenters. The highest BCUT2D eigenvalue weighted by molar-refractivity contribution is 8.03. The molecule has 2 heterocycles. The van der Waals surface area contributed by atoms with Crippen molar-refractivity contribution in [1.29, 1.82) is 0 Å². The van der Waals surface area contributed by atoms with Gasteiger partial charge in [0.25, 0.3) is 0 Å². The Morgan fingerprint density at radius 2 is 2.14 bits per heavy atom. The number of esters is 1. The van der Waals surface area contributed by atoms with Crippen molar-refractivity contribution < 1.29 is 14.3 Å². The number of thioether (sulfide) groups is 1. The molecule has 0 spiro atoms. The Balaban J connectivity index is 2.37. The maximum atomic E-state index is 12.3. The molecule has 0 aromatic rings. The van der Waals surface area contributed by atoms with E-state index in [-0.39, 0.29) is 23.9 Å². The lowest BCUT2D eigenvalue weighted by atomic mass is 10.1. The van der Waals surface area contributed by atoms with Gasteiger partial charge in [0.05, 0.1) is 16.7 Å². The largest absolute Gasteiger partial charge is 0.460 e. The van der Waals surface area contributed by atoms with Crippen LogP contribution in [0.5, 0.6) is 0 Å². The van der Waals surface area contributed by atoms with Crippen molar-refractivity contribution >= 4 is 23.6 Å². The number of rotatable bonds is 4. The van der Waals surface area contributed by atoms with E-state index >= 15 is 0 Å². The molecule has 0 aliphatic carbocycles. The number of nitrogens with zero attached hydrogens (tertiary/aromatic N) is 1. The van der Waals surface area contributed by atoms with Gasteiger partial charge in [0, 0.05) is 29.5 Å². The maximum absolute atomic E-state index is 12.3. The van der Waals surface area contributed by atoms with Crippen LogP contribution in [-0.4, -0.2) is 35.2 Å². The van der Waals surface area contributed by atoms with Gasteiger partial charge in [-0.15, -0.1) is 11.8 Å². The zero-order chi connectivity index (χ0) is 15.7. The number of carbonyl (C=O) groups excluding carboxylic acids is 2. The van der Waals surface area contributed by atoms with Crippen molar-refractivity contribution in [2.75, 3.05) is 12.3 Å². The Bertz CT molecular complexity index is 537. The smallest absolute Gasteiger partial charge is 0.337 e. The van der Waals surface area contributed by atoms with Crippen LogP contribution in [-0.2, 0) is 14.3 Å². The second-order valence-electron chi connectivity index (χ2n) is 5.62. The lowest BCUT2D eigenvalue weighted by Gasteiger charge is -2.18. The summed E-state index contributed by atoms with van der Waals surface area (Å²) >= 11 is 1.59. The van der Waals surface area contributed by atoms with E-state index in [9.17, 15) is 9.59 Å². The zero-order valence-electron chi connectivity index (χ0n) is 12.9. The summed E-state index contributed by atoms with van der Waals surface area (Å²) in [6.45, 7) is 8.33. The van der Waals surface area contributed by atoms with Crippen molar-refractivity contribution in [2.24, 2.45) is 11.7 Å². The summed E-state index contributed by atoms with van der Waals surface area (Å²) in [4.78, 5) is 25.9. The fourth-order valence-corrected chi connectivity index (χ4v) is 4.13. The molecule has 5 nitrogen and oxygen atoms in total. The highest BCUT2D eigenvalue weighted by Gasteiger charge is 2.40. The summed E-state index contributed by atoms with van der Waals surface area (Å²) < 4.78 is 5.34. The highest BCUT2D eigenvalue weighted by atomic mass is 32.2. The van der Waals surface area contributed by atoms with Crippen LogP contribution in [0.2, 0.25) is 0 Å². The molecule has 2 N–H and O–H groups in total. The van der Waals surface area contributed by atoms with Gasteiger partial charge in [-0.3, -0.25) is 4.79 Å². The van der Waals surface area contributed by atoms with Gasteiger partial charge in [0.15, 0.2) is 0 Å². The quantitative estimate of drug-likeness (QED) is 0.635.